The third-order valence-electron chi connectivity index (χ3n) is 12.1. The molecule has 0 aromatic heterocycles. The minimum atomic E-state index is -2.00. The first-order valence-electron chi connectivity index (χ1n) is 16.5. The molecule has 0 radical (unpaired) electrons. The highest BCUT2D eigenvalue weighted by molar-refractivity contribution is 8.76. The summed E-state index contributed by atoms with van der Waals surface area (Å²) in [5.74, 6) is -2.18. The topological polar surface area (TPSA) is 178 Å². The van der Waals surface area contributed by atoms with Gasteiger partial charge in [-0.05, 0) is 76.3 Å². The van der Waals surface area contributed by atoms with E-state index < -0.39 is 71.5 Å². The lowest BCUT2D eigenvalue weighted by Gasteiger charge is -2.61. The molecular weight excluding hydrogens is 620 g/mol. The Morgan fingerprint density at radius 3 is 2.71 bits per heavy atom. The van der Waals surface area contributed by atoms with E-state index in [0.717, 1.165) is 25.0 Å². The molecule has 3 saturated carbocycles. The van der Waals surface area contributed by atoms with E-state index in [4.69, 9.17) is 9.47 Å². The number of rotatable bonds is 1. The van der Waals surface area contributed by atoms with E-state index in [9.17, 15) is 35.1 Å². The van der Waals surface area contributed by atoms with Crippen LogP contribution < -0.4 is 10.6 Å². The molecule has 7 bridgehead atoms. The predicted molar refractivity (Wildman–Crippen MR) is 168 cm³/mol. The molecule has 7 rings (SSSR count). The Morgan fingerprint density at radius 1 is 1.09 bits per heavy atom. The lowest BCUT2D eigenvalue weighted by atomic mass is 9.53. The molecule has 250 valence electrons. The highest BCUT2D eigenvalue weighted by Crippen LogP contribution is 2.57. The molecule has 4 aliphatic carbocycles. The lowest BCUT2D eigenvalue weighted by molar-refractivity contribution is -0.398. The first kappa shape index (κ1) is 32.5. The van der Waals surface area contributed by atoms with Crippen LogP contribution >= 0.6 is 21.6 Å². The van der Waals surface area contributed by atoms with Crippen LogP contribution in [0.1, 0.15) is 58.3 Å². The van der Waals surface area contributed by atoms with Crippen LogP contribution in [-0.2, 0) is 19.1 Å². The number of aliphatic hydroxyl groups excluding tert-OH is 4. The van der Waals surface area contributed by atoms with Crippen LogP contribution in [0.25, 0.3) is 0 Å². The van der Waals surface area contributed by atoms with Gasteiger partial charge in [-0.25, -0.2) is 0 Å². The first-order chi connectivity index (χ1) is 21.5. The van der Waals surface area contributed by atoms with Crippen LogP contribution in [0.4, 0.5) is 0 Å². The van der Waals surface area contributed by atoms with E-state index in [2.05, 4.69) is 10.6 Å². The Kier molecular flexibility index (Phi) is 8.79. The molecule has 0 aromatic rings. The van der Waals surface area contributed by atoms with Gasteiger partial charge in [0.15, 0.2) is 12.1 Å². The van der Waals surface area contributed by atoms with Crippen LogP contribution in [-0.4, -0.2) is 104 Å². The maximum Gasteiger partial charge on any atom is 0.187 e. The van der Waals surface area contributed by atoms with Gasteiger partial charge in [-0.2, -0.15) is 0 Å². The third-order valence-corrected chi connectivity index (χ3v) is 14.3. The molecule has 6 fully saturated rings. The van der Waals surface area contributed by atoms with Crippen molar-refractivity contribution in [3.63, 3.8) is 0 Å². The average molecular weight is 667 g/mol. The van der Waals surface area contributed by atoms with Crippen molar-refractivity contribution < 1.29 is 44.6 Å². The van der Waals surface area contributed by atoms with Crippen molar-refractivity contribution in [2.45, 2.75) is 100 Å². The summed E-state index contributed by atoms with van der Waals surface area (Å²) in [6, 6.07) is 0. The number of allylic oxidation sites excluding steroid dienone is 4. The summed E-state index contributed by atoms with van der Waals surface area (Å²) in [6.07, 6.45) is 2.53. The molecule has 0 aromatic carbocycles. The second kappa shape index (κ2) is 12.2. The molecular formula is C32H46N2O9S2. The largest absolute Gasteiger partial charge is 0.511 e. The van der Waals surface area contributed by atoms with Gasteiger partial charge < -0.3 is 40.3 Å². The van der Waals surface area contributed by atoms with E-state index in [1.165, 1.54) is 10.8 Å². The van der Waals surface area contributed by atoms with Gasteiger partial charge in [-0.1, -0.05) is 39.7 Å². The zero-order valence-corrected chi connectivity index (χ0v) is 27.2. The van der Waals surface area contributed by atoms with Crippen molar-refractivity contribution in [3.05, 3.63) is 23.5 Å². The van der Waals surface area contributed by atoms with Gasteiger partial charge >= 0.3 is 0 Å². The van der Waals surface area contributed by atoms with Crippen molar-refractivity contribution in [3.8, 4) is 0 Å². The number of aliphatic hydroxyl groups is 5. The normalized spacial score (nSPS) is 50.5. The van der Waals surface area contributed by atoms with Gasteiger partial charge in [0.1, 0.15) is 40.4 Å². The quantitative estimate of drug-likeness (QED) is 0.201. The SMILES string of the molecule is CC1=CC2C(=O)C3CCCC4OC5OC6(CO)CCC(CC7CCNC(C7)NCSSCC2(C(=O)C43)C(O)=C1)C(O)(C5O)C6O. The highest BCUT2D eigenvalue weighted by atomic mass is 33.1. The van der Waals surface area contributed by atoms with Gasteiger partial charge in [0, 0.05) is 11.7 Å². The fourth-order valence-electron chi connectivity index (χ4n) is 9.64. The Morgan fingerprint density at radius 2 is 1.91 bits per heavy atom. The van der Waals surface area contributed by atoms with Crippen LogP contribution in [0.3, 0.4) is 0 Å². The Labute approximate surface area is 271 Å². The maximum atomic E-state index is 14.8. The van der Waals surface area contributed by atoms with Gasteiger partial charge in [0.05, 0.1) is 36.6 Å². The van der Waals surface area contributed by atoms with Gasteiger partial charge in [-0.3, -0.25) is 14.9 Å². The summed E-state index contributed by atoms with van der Waals surface area (Å²) in [4.78, 5) is 29.0. The van der Waals surface area contributed by atoms with Crippen molar-refractivity contribution in [1.29, 1.82) is 0 Å². The molecule has 3 heterocycles. The molecule has 13 heteroatoms. The monoisotopic (exact) mass is 666 g/mol. The molecule has 3 aliphatic heterocycles. The van der Waals surface area contributed by atoms with Crippen LogP contribution in [0, 0.1) is 35.0 Å². The summed E-state index contributed by atoms with van der Waals surface area (Å²) in [7, 11) is 3.02. The molecule has 45 heavy (non-hydrogen) atoms. The number of hydrogen-bond acceptors (Lipinski definition) is 13. The van der Waals surface area contributed by atoms with Gasteiger partial charge in [-0.15, -0.1) is 0 Å². The van der Waals surface area contributed by atoms with Crippen LogP contribution in [0.15, 0.2) is 23.5 Å². The fraction of sp³-hybridized carbons (Fsp3) is 0.812. The van der Waals surface area contributed by atoms with E-state index in [-0.39, 0.29) is 41.6 Å². The van der Waals surface area contributed by atoms with E-state index in [0.29, 0.717) is 38.0 Å². The molecule has 11 nitrogen and oxygen atoms in total. The number of piperidine rings is 1. The Hall–Kier alpha value is -1.00. The number of fused-ring (bicyclic) bond motifs is 4. The Balaban J connectivity index is 1.29. The van der Waals surface area contributed by atoms with E-state index in [1.807, 2.05) is 13.0 Å². The molecule has 0 amide bonds. The van der Waals surface area contributed by atoms with E-state index >= 15 is 0 Å². The molecule has 7 N–H and O–H groups in total. The van der Waals surface area contributed by atoms with Crippen LogP contribution in [0.2, 0.25) is 0 Å². The first-order valence-corrected chi connectivity index (χ1v) is 19.0. The maximum absolute atomic E-state index is 14.8. The van der Waals surface area contributed by atoms with Gasteiger partial charge in [0.2, 0.25) is 0 Å². The van der Waals surface area contributed by atoms with Crippen molar-refractivity contribution in [1.82, 2.24) is 10.6 Å². The molecule has 13 unspecified atom stereocenters. The third kappa shape index (κ3) is 5.02. The lowest BCUT2D eigenvalue weighted by Crippen LogP contribution is -2.78. The summed E-state index contributed by atoms with van der Waals surface area (Å²) >= 11 is 0. The van der Waals surface area contributed by atoms with E-state index in [1.54, 1.807) is 16.9 Å². The average Bonchev–Trinajstić information content (AvgIpc) is 3.02. The number of ether oxygens (including phenoxy) is 2. The summed E-state index contributed by atoms with van der Waals surface area (Å²) < 4.78 is 12.7. The summed E-state index contributed by atoms with van der Waals surface area (Å²) in [5, 5.41) is 64.6. The standard InChI is InChI=1S/C32H46N2O9S2/c1-16-9-20-25(37)19-3-2-4-21-24(19)26(38)31(20,22(36)10-16)14-44-45-15-34-23-12-17(6-8-33-23)11-18-5-7-30(13-35)29(40)32(18,41)27(39)28(42-21)43-30/h9-10,17-21,23-24,27-29,33-36,39-41H,2-8,11-15H2,1H3. The number of carbonyl (C=O) groups is 2. The molecule has 1 spiro atoms. The molecule has 7 aliphatic rings. The molecule has 13 atom stereocenters. The second-order valence-corrected chi connectivity index (χ2v) is 16.9. The second-order valence-electron chi connectivity index (χ2n) is 14.4. The van der Waals surface area contributed by atoms with Crippen molar-refractivity contribution in [2.24, 2.45) is 35.0 Å². The zero-order valence-electron chi connectivity index (χ0n) is 25.6. The van der Waals surface area contributed by atoms with Gasteiger partial charge in [0.25, 0.3) is 0 Å². The number of hydrogen-bond donors (Lipinski definition) is 7. The Bertz CT molecular complexity index is 1270. The minimum Gasteiger partial charge on any atom is -0.511 e. The zero-order chi connectivity index (χ0) is 31.7. The predicted octanol–water partition coefficient (Wildman–Crippen LogP) is 1.55. The summed E-state index contributed by atoms with van der Waals surface area (Å²) in [5.41, 5.74) is -4.25. The van der Waals surface area contributed by atoms with Crippen LogP contribution in [0.5, 0.6) is 0 Å². The number of Topliss-reactive ketones (excluding diaryl/α,β-unsaturated/α-hetero) is 2. The smallest absolute Gasteiger partial charge is 0.187 e. The number of nitrogens with one attached hydrogen (secondary N) is 2. The molecule has 3 saturated heterocycles. The summed E-state index contributed by atoms with van der Waals surface area (Å²) in [6.45, 7) is 2.02. The number of ketones is 2. The van der Waals surface area contributed by atoms with Crippen molar-refractivity contribution >= 4 is 33.2 Å². The minimum absolute atomic E-state index is 0.0206. The van der Waals surface area contributed by atoms with Crippen molar-refractivity contribution in [2.75, 3.05) is 24.8 Å². The highest BCUT2D eigenvalue weighted by Gasteiger charge is 2.69. The number of carbonyl (C=O) groups excluding carboxylic acids is 2. The fourth-order valence-corrected chi connectivity index (χ4v) is 12.0.